The van der Waals surface area contributed by atoms with Crippen LogP contribution in [0.25, 0.3) is 0 Å². The fraction of sp³-hybridized carbons (Fsp3) is 0.500. The highest BCUT2D eigenvalue weighted by Gasteiger charge is 2.16. The summed E-state index contributed by atoms with van der Waals surface area (Å²) in [6, 6.07) is 1.19. The van der Waals surface area contributed by atoms with Crippen molar-refractivity contribution in [3.63, 3.8) is 0 Å². The Hall–Kier alpha value is -1.18. The molecule has 0 amide bonds. The number of hydrogen-bond donors (Lipinski definition) is 2. The van der Waals surface area contributed by atoms with Gasteiger partial charge in [-0.3, -0.25) is 4.79 Å². The molecule has 1 aromatic rings. The number of rotatable bonds is 6. The fourth-order valence-electron chi connectivity index (χ4n) is 1.29. The predicted molar refractivity (Wildman–Crippen MR) is 65.4 cm³/mol. The Morgan fingerprint density at radius 3 is 2.71 bits per heavy atom. The number of H-pyrrole nitrogens is 1. The Bertz CT molecular complexity index is 508. The maximum absolute atomic E-state index is 11.8. The highest BCUT2D eigenvalue weighted by molar-refractivity contribution is 7.89. The second-order valence-electron chi connectivity index (χ2n) is 3.93. The van der Waals surface area contributed by atoms with E-state index < -0.39 is 15.5 Å². The van der Waals surface area contributed by atoms with Gasteiger partial charge in [-0.1, -0.05) is 0 Å². The summed E-state index contributed by atoms with van der Waals surface area (Å²) in [5.41, 5.74) is -0.510. The lowest BCUT2D eigenvalue weighted by molar-refractivity contribution is 0.400. The quantitative estimate of drug-likeness (QED) is 0.681. The van der Waals surface area contributed by atoms with E-state index in [4.69, 9.17) is 0 Å². The van der Waals surface area contributed by atoms with Crippen molar-refractivity contribution in [2.75, 3.05) is 27.2 Å². The molecule has 0 spiro atoms. The van der Waals surface area contributed by atoms with Gasteiger partial charge in [0.15, 0.2) is 0 Å². The lowest BCUT2D eigenvalue weighted by Gasteiger charge is -2.09. The first kappa shape index (κ1) is 13.9. The SMILES string of the molecule is CN(C)CCCNS(=O)(=O)c1c[nH]ccc1=O. The highest BCUT2D eigenvalue weighted by Crippen LogP contribution is 1.99. The standard InChI is InChI=1S/C10H17N3O3S/c1-13(2)7-3-5-12-17(15,16)10-8-11-6-4-9(10)14/h4,6,8,12H,3,5,7H2,1-2H3,(H,11,14). The molecule has 0 aromatic carbocycles. The van der Waals surface area contributed by atoms with Crippen LogP contribution >= 0.6 is 0 Å². The zero-order valence-electron chi connectivity index (χ0n) is 9.93. The molecule has 0 saturated carbocycles. The average Bonchev–Trinajstić information content (AvgIpc) is 2.24. The molecule has 17 heavy (non-hydrogen) atoms. The van der Waals surface area contributed by atoms with Crippen LogP contribution in [-0.2, 0) is 10.0 Å². The van der Waals surface area contributed by atoms with Crippen LogP contribution < -0.4 is 10.2 Å². The van der Waals surface area contributed by atoms with Gasteiger partial charge in [0.1, 0.15) is 4.90 Å². The van der Waals surface area contributed by atoms with E-state index in [1.54, 1.807) is 0 Å². The van der Waals surface area contributed by atoms with Gasteiger partial charge in [-0.05, 0) is 27.1 Å². The second-order valence-corrected chi connectivity index (χ2v) is 5.66. The van der Waals surface area contributed by atoms with Gasteiger partial charge < -0.3 is 9.88 Å². The molecule has 0 aliphatic carbocycles. The minimum absolute atomic E-state index is 0.246. The molecule has 0 unspecified atom stereocenters. The summed E-state index contributed by atoms with van der Waals surface area (Å²) in [6.45, 7) is 1.10. The normalized spacial score (nSPS) is 11.9. The van der Waals surface area contributed by atoms with Crippen LogP contribution in [0, 0.1) is 0 Å². The van der Waals surface area contributed by atoms with E-state index in [1.165, 1.54) is 18.5 Å². The smallest absolute Gasteiger partial charge is 0.245 e. The third kappa shape index (κ3) is 4.29. The molecule has 0 bridgehead atoms. The Morgan fingerprint density at radius 2 is 2.12 bits per heavy atom. The first-order valence-electron chi connectivity index (χ1n) is 5.25. The molecule has 1 rings (SSSR count). The number of nitrogens with zero attached hydrogens (tertiary/aromatic N) is 1. The van der Waals surface area contributed by atoms with Crippen molar-refractivity contribution in [2.45, 2.75) is 11.3 Å². The van der Waals surface area contributed by atoms with Crippen LogP contribution in [0.3, 0.4) is 0 Å². The molecule has 7 heteroatoms. The molecule has 0 fully saturated rings. The Kier molecular flexibility index (Phi) is 4.86. The molecular formula is C10H17N3O3S. The molecule has 0 atom stereocenters. The van der Waals surface area contributed by atoms with Crippen LogP contribution in [0.2, 0.25) is 0 Å². The summed E-state index contributed by atoms with van der Waals surface area (Å²) in [5, 5.41) is 0. The van der Waals surface area contributed by atoms with Crippen molar-refractivity contribution in [3.8, 4) is 0 Å². The van der Waals surface area contributed by atoms with E-state index in [0.717, 1.165) is 6.54 Å². The number of aromatic nitrogens is 1. The lowest BCUT2D eigenvalue weighted by Crippen LogP contribution is -2.30. The molecule has 1 aromatic heterocycles. The number of pyridine rings is 1. The topological polar surface area (TPSA) is 82.3 Å². The van der Waals surface area contributed by atoms with Gasteiger partial charge in [-0.25, -0.2) is 13.1 Å². The summed E-state index contributed by atoms with van der Waals surface area (Å²) >= 11 is 0. The predicted octanol–water partition coefficient (Wildman–Crippen LogP) is -0.395. The van der Waals surface area contributed by atoms with Gasteiger partial charge in [-0.15, -0.1) is 0 Å². The van der Waals surface area contributed by atoms with Gasteiger partial charge in [-0.2, -0.15) is 0 Å². The number of nitrogens with one attached hydrogen (secondary N) is 2. The van der Waals surface area contributed by atoms with Crippen molar-refractivity contribution in [1.82, 2.24) is 14.6 Å². The van der Waals surface area contributed by atoms with E-state index in [1.807, 2.05) is 19.0 Å². The van der Waals surface area contributed by atoms with Crippen molar-refractivity contribution in [3.05, 3.63) is 28.7 Å². The monoisotopic (exact) mass is 259 g/mol. The van der Waals surface area contributed by atoms with Crippen LogP contribution in [0.5, 0.6) is 0 Å². The van der Waals surface area contributed by atoms with Crippen LogP contribution in [0.15, 0.2) is 28.2 Å². The summed E-state index contributed by atoms with van der Waals surface area (Å²) < 4.78 is 25.9. The highest BCUT2D eigenvalue weighted by atomic mass is 32.2. The molecule has 0 aliphatic rings. The summed E-state index contributed by atoms with van der Waals surface area (Å²) in [6.07, 6.45) is 3.28. The van der Waals surface area contributed by atoms with E-state index in [0.29, 0.717) is 13.0 Å². The van der Waals surface area contributed by atoms with Crippen LogP contribution in [-0.4, -0.2) is 45.5 Å². The zero-order valence-corrected chi connectivity index (χ0v) is 10.8. The molecule has 6 nitrogen and oxygen atoms in total. The maximum Gasteiger partial charge on any atom is 0.245 e. The van der Waals surface area contributed by atoms with Crippen molar-refractivity contribution in [2.24, 2.45) is 0 Å². The summed E-state index contributed by atoms with van der Waals surface area (Å²) in [4.78, 5) is 15.7. The van der Waals surface area contributed by atoms with Crippen molar-refractivity contribution in [1.29, 1.82) is 0 Å². The summed E-state index contributed by atoms with van der Waals surface area (Å²) in [5.74, 6) is 0. The Labute approximate surface area is 101 Å². The minimum Gasteiger partial charge on any atom is -0.366 e. The van der Waals surface area contributed by atoms with Crippen LogP contribution in [0.4, 0.5) is 0 Å². The van der Waals surface area contributed by atoms with E-state index in [-0.39, 0.29) is 4.90 Å². The first-order chi connectivity index (χ1) is 7.93. The molecule has 0 saturated heterocycles. The first-order valence-corrected chi connectivity index (χ1v) is 6.73. The molecule has 96 valence electrons. The van der Waals surface area contributed by atoms with E-state index >= 15 is 0 Å². The summed E-state index contributed by atoms with van der Waals surface area (Å²) in [7, 11) is 0.125. The van der Waals surface area contributed by atoms with Gasteiger partial charge in [0.2, 0.25) is 15.5 Å². The van der Waals surface area contributed by atoms with Crippen molar-refractivity contribution < 1.29 is 8.42 Å². The Morgan fingerprint density at radius 1 is 1.41 bits per heavy atom. The number of hydrogen-bond acceptors (Lipinski definition) is 4. The van der Waals surface area contributed by atoms with E-state index in [9.17, 15) is 13.2 Å². The van der Waals surface area contributed by atoms with E-state index in [2.05, 4.69) is 9.71 Å². The second kappa shape index (κ2) is 5.95. The fourth-order valence-corrected chi connectivity index (χ4v) is 2.42. The van der Waals surface area contributed by atoms with Crippen LogP contribution in [0.1, 0.15) is 6.42 Å². The molecular weight excluding hydrogens is 242 g/mol. The minimum atomic E-state index is -3.70. The maximum atomic E-state index is 11.8. The average molecular weight is 259 g/mol. The molecule has 0 radical (unpaired) electrons. The van der Waals surface area contributed by atoms with Gasteiger partial charge in [0.25, 0.3) is 0 Å². The third-order valence-corrected chi connectivity index (χ3v) is 3.63. The molecule has 2 N–H and O–H groups in total. The molecule has 1 heterocycles. The lowest BCUT2D eigenvalue weighted by atomic mass is 10.4. The van der Waals surface area contributed by atoms with Gasteiger partial charge in [0, 0.05) is 25.0 Å². The van der Waals surface area contributed by atoms with Crippen molar-refractivity contribution >= 4 is 10.0 Å². The number of sulfonamides is 1. The zero-order chi connectivity index (χ0) is 12.9. The Balaban J connectivity index is 2.64. The third-order valence-electron chi connectivity index (χ3n) is 2.15. The number of aromatic amines is 1. The molecule has 0 aliphatic heterocycles. The van der Waals surface area contributed by atoms with Gasteiger partial charge >= 0.3 is 0 Å². The van der Waals surface area contributed by atoms with Gasteiger partial charge in [0.05, 0.1) is 0 Å². The largest absolute Gasteiger partial charge is 0.366 e.